The van der Waals surface area contributed by atoms with Gasteiger partial charge in [0.2, 0.25) is 0 Å². The summed E-state index contributed by atoms with van der Waals surface area (Å²) in [6.45, 7) is 7.91. The van der Waals surface area contributed by atoms with Crippen LogP contribution in [0.1, 0.15) is 18.2 Å². The first-order chi connectivity index (χ1) is 13.3. The second-order valence-corrected chi connectivity index (χ2v) is 6.46. The van der Waals surface area contributed by atoms with E-state index in [1.807, 2.05) is 24.4 Å². The zero-order valence-corrected chi connectivity index (χ0v) is 16.0. The lowest BCUT2D eigenvalue weighted by molar-refractivity contribution is 0.122. The molecule has 6 nitrogen and oxygen atoms in total. The van der Waals surface area contributed by atoms with E-state index in [1.54, 1.807) is 0 Å². The van der Waals surface area contributed by atoms with Crippen molar-refractivity contribution >= 4 is 11.6 Å². The van der Waals surface area contributed by atoms with Gasteiger partial charge >= 0.3 is 0 Å². The van der Waals surface area contributed by atoms with Crippen LogP contribution in [-0.2, 0) is 17.7 Å². The highest BCUT2D eigenvalue weighted by atomic mass is 16.5. The van der Waals surface area contributed by atoms with E-state index in [9.17, 15) is 0 Å². The van der Waals surface area contributed by atoms with Gasteiger partial charge in [0, 0.05) is 50.2 Å². The maximum Gasteiger partial charge on any atom is 0.191 e. The van der Waals surface area contributed by atoms with Gasteiger partial charge in [-0.3, -0.25) is 4.98 Å². The van der Waals surface area contributed by atoms with E-state index < -0.39 is 0 Å². The number of aromatic nitrogens is 1. The Labute approximate surface area is 161 Å². The average Bonchev–Trinajstić information content (AvgIpc) is 2.74. The third kappa shape index (κ3) is 6.25. The molecule has 1 aliphatic rings. The highest BCUT2D eigenvalue weighted by molar-refractivity contribution is 5.79. The molecule has 0 saturated carbocycles. The van der Waals surface area contributed by atoms with E-state index in [0.29, 0.717) is 6.54 Å². The molecule has 0 bridgehead atoms. The topological polar surface area (TPSA) is 61.8 Å². The fourth-order valence-electron chi connectivity index (χ4n) is 3.00. The molecule has 1 aromatic carbocycles. The van der Waals surface area contributed by atoms with Crippen LogP contribution >= 0.6 is 0 Å². The molecular formula is C21H29N5O. The summed E-state index contributed by atoms with van der Waals surface area (Å²) in [5.41, 5.74) is 3.54. The molecule has 1 aliphatic heterocycles. The van der Waals surface area contributed by atoms with Crippen molar-refractivity contribution in [2.45, 2.75) is 19.9 Å². The first kappa shape index (κ1) is 19.2. The molecule has 3 rings (SSSR count). The summed E-state index contributed by atoms with van der Waals surface area (Å²) in [5.74, 6) is 0.839. The normalized spacial score (nSPS) is 14.9. The van der Waals surface area contributed by atoms with Crippen molar-refractivity contribution < 1.29 is 4.74 Å². The van der Waals surface area contributed by atoms with Gasteiger partial charge in [0.05, 0.1) is 19.8 Å². The first-order valence-corrected chi connectivity index (χ1v) is 9.69. The lowest BCUT2D eigenvalue weighted by Crippen LogP contribution is -2.38. The van der Waals surface area contributed by atoms with Crippen LogP contribution in [0.15, 0.2) is 53.7 Å². The minimum Gasteiger partial charge on any atom is -0.378 e. The molecule has 1 aromatic heterocycles. The van der Waals surface area contributed by atoms with Gasteiger partial charge in [-0.05, 0) is 36.8 Å². The van der Waals surface area contributed by atoms with Gasteiger partial charge in [-0.15, -0.1) is 0 Å². The maximum absolute atomic E-state index is 5.42. The molecule has 1 saturated heterocycles. The molecule has 0 radical (unpaired) electrons. The van der Waals surface area contributed by atoms with Gasteiger partial charge in [-0.1, -0.05) is 18.2 Å². The Morgan fingerprint density at radius 3 is 2.63 bits per heavy atom. The summed E-state index contributed by atoms with van der Waals surface area (Å²) in [7, 11) is 0. The van der Waals surface area contributed by atoms with E-state index in [1.165, 1.54) is 11.3 Å². The molecule has 144 valence electrons. The van der Waals surface area contributed by atoms with Crippen LogP contribution in [0.3, 0.4) is 0 Å². The van der Waals surface area contributed by atoms with E-state index >= 15 is 0 Å². The third-order valence-corrected chi connectivity index (χ3v) is 4.48. The van der Waals surface area contributed by atoms with Crippen LogP contribution in [0.4, 0.5) is 5.69 Å². The second kappa shape index (κ2) is 10.5. The minimum absolute atomic E-state index is 0.655. The van der Waals surface area contributed by atoms with E-state index in [2.05, 4.69) is 51.7 Å². The quantitative estimate of drug-likeness (QED) is 0.580. The number of hydrogen-bond donors (Lipinski definition) is 2. The number of nitrogens with one attached hydrogen (secondary N) is 2. The zero-order valence-electron chi connectivity index (χ0n) is 16.0. The molecule has 0 amide bonds. The molecule has 6 heteroatoms. The molecule has 0 atom stereocenters. The number of benzene rings is 1. The number of aliphatic imine (C=N–C) groups is 1. The number of rotatable bonds is 7. The Morgan fingerprint density at radius 2 is 1.93 bits per heavy atom. The summed E-state index contributed by atoms with van der Waals surface area (Å²) in [6.07, 6.45) is 2.70. The molecule has 2 aromatic rings. The molecule has 0 unspecified atom stereocenters. The lowest BCUT2D eigenvalue weighted by atomic mass is 10.2. The summed E-state index contributed by atoms with van der Waals surface area (Å²) >= 11 is 0. The van der Waals surface area contributed by atoms with Crippen LogP contribution in [-0.4, -0.2) is 50.3 Å². The number of hydrogen-bond acceptors (Lipinski definition) is 4. The number of morpholine rings is 1. The zero-order chi connectivity index (χ0) is 18.7. The molecular weight excluding hydrogens is 338 g/mol. The Kier molecular flexibility index (Phi) is 7.47. The number of nitrogens with zero attached hydrogens (tertiary/aromatic N) is 3. The van der Waals surface area contributed by atoms with Crippen LogP contribution in [0.5, 0.6) is 0 Å². The van der Waals surface area contributed by atoms with Gasteiger partial charge < -0.3 is 20.3 Å². The second-order valence-electron chi connectivity index (χ2n) is 6.46. The van der Waals surface area contributed by atoms with Gasteiger partial charge in [-0.25, -0.2) is 4.99 Å². The van der Waals surface area contributed by atoms with Crippen molar-refractivity contribution in [2.24, 2.45) is 4.99 Å². The Bertz CT molecular complexity index is 696. The highest BCUT2D eigenvalue weighted by Crippen LogP contribution is 2.17. The van der Waals surface area contributed by atoms with E-state index in [-0.39, 0.29) is 0 Å². The van der Waals surface area contributed by atoms with Crippen molar-refractivity contribution in [2.75, 3.05) is 44.3 Å². The maximum atomic E-state index is 5.42. The van der Waals surface area contributed by atoms with E-state index in [0.717, 1.165) is 57.5 Å². The monoisotopic (exact) mass is 367 g/mol. The Balaban J connectivity index is 1.51. The van der Waals surface area contributed by atoms with Crippen LogP contribution in [0, 0.1) is 0 Å². The van der Waals surface area contributed by atoms with Crippen LogP contribution in [0.2, 0.25) is 0 Å². The van der Waals surface area contributed by atoms with Gasteiger partial charge in [0.1, 0.15) is 0 Å². The van der Waals surface area contributed by atoms with Crippen LogP contribution in [0.25, 0.3) is 0 Å². The largest absolute Gasteiger partial charge is 0.378 e. The first-order valence-electron chi connectivity index (χ1n) is 9.69. The lowest BCUT2D eigenvalue weighted by Gasteiger charge is -2.28. The predicted octanol–water partition coefficient (Wildman–Crippen LogP) is 2.22. The number of ether oxygens (including phenoxy) is 1. The average molecular weight is 367 g/mol. The summed E-state index contributed by atoms with van der Waals surface area (Å²) in [4.78, 5) is 11.4. The SMILES string of the molecule is CCNC(=NCc1ccc(N2CCOCC2)cc1)NCCc1ccccn1. The number of anilines is 1. The number of pyridine rings is 1. The van der Waals surface area contributed by atoms with Crippen LogP contribution < -0.4 is 15.5 Å². The molecule has 2 heterocycles. The van der Waals surface area contributed by atoms with Crippen molar-refractivity contribution in [1.29, 1.82) is 0 Å². The molecule has 0 aliphatic carbocycles. The third-order valence-electron chi connectivity index (χ3n) is 4.48. The number of guanidine groups is 1. The Hall–Kier alpha value is -2.60. The summed E-state index contributed by atoms with van der Waals surface area (Å²) in [5, 5.41) is 6.68. The van der Waals surface area contributed by atoms with Crippen molar-refractivity contribution in [3.8, 4) is 0 Å². The Morgan fingerprint density at radius 1 is 1.11 bits per heavy atom. The molecule has 2 N–H and O–H groups in total. The van der Waals surface area contributed by atoms with E-state index in [4.69, 9.17) is 9.73 Å². The molecule has 1 fully saturated rings. The van der Waals surface area contributed by atoms with Gasteiger partial charge in [0.15, 0.2) is 5.96 Å². The summed E-state index contributed by atoms with van der Waals surface area (Å²) < 4.78 is 5.42. The van der Waals surface area contributed by atoms with Crippen molar-refractivity contribution in [1.82, 2.24) is 15.6 Å². The summed E-state index contributed by atoms with van der Waals surface area (Å²) in [6, 6.07) is 14.7. The standard InChI is InChI=1S/C21H29N5O/c1-2-22-21(24-12-10-19-5-3-4-11-23-19)25-17-18-6-8-20(9-7-18)26-13-15-27-16-14-26/h3-9,11H,2,10,12-17H2,1H3,(H2,22,24,25). The minimum atomic E-state index is 0.655. The highest BCUT2D eigenvalue weighted by Gasteiger charge is 2.10. The van der Waals surface area contributed by atoms with Crippen molar-refractivity contribution in [3.05, 3.63) is 59.9 Å². The fraction of sp³-hybridized carbons (Fsp3) is 0.429. The predicted molar refractivity (Wildman–Crippen MR) is 110 cm³/mol. The fourth-order valence-corrected chi connectivity index (χ4v) is 3.00. The van der Waals surface area contributed by atoms with Crippen molar-refractivity contribution in [3.63, 3.8) is 0 Å². The van der Waals surface area contributed by atoms with Gasteiger partial charge in [0.25, 0.3) is 0 Å². The molecule has 27 heavy (non-hydrogen) atoms. The smallest absolute Gasteiger partial charge is 0.191 e. The molecule has 0 spiro atoms. The van der Waals surface area contributed by atoms with Gasteiger partial charge in [-0.2, -0.15) is 0 Å².